The van der Waals surface area contributed by atoms with Crippen LogP contribution in [0.4, 0.5) is 17.2 Å². The van der Waals surface area contributed by atoms with Gasteiger partial charge in [0.1, 0.15) is 5.82 Å². The molecule has 2 aromatic heterocycles. The molecule has 0 saturated carbocycles. The molecule has 0 aromatic carbocycles. The van der Waals surface area contributed by atoms with E-state index in [2.05, 4.69) is 15.4 Å². The van der Waals surface area contributed by atoms with Gasteiger partial charge in [-0.2, -0.15) is 5.10 Å². The van der Waals surface area contributed by atoms with Crippen LogP contribution in [0.25, 0.3) is 0 Å². The fourth-order valence-corrected chi connectivity index (χ4v) is 1.76. The number of carboxylic acids is 1. The third kappa shape index (κ3) is 2.65. The van der Waals surface area contributed by atoms with Crippen LogP contribution in [0.3, 0.4) is 0 Å². The van der Waals surface area contributed by atoms with E-state index in [0.29, 0.717) is 5.82 Å². The quantitative estimate of drug-likeness (QED) is 0.768. The fraction of sp³-hybridized carbons (Fsp3) is 0.250. The number of carboxylic acid groups (broad SMARTS) is 1. The minimum absolute atomic E-state index is 0.0273. The van der Waals surface area contributed by atoms with Crippen LogP contribution in [0, 0.1) is 0 Å². The van der Waals surface area contributed by atoms with E-state index >= 15 is 0 Å². The van der Waals surface area contributed by atoms with Crippen molar-refractivity contribution in [3.63, 3.8) is 0 Å². The molecule has 0 aliphatic carbocycles. The number of aromatic carboxylic acids is 1. The van der Waals surface area contributed by atoms with Crippen LogP contribution in [0.1, 0.15) is 23.0 Å². The van der Waals surface area contributed by atoms with Crippen molar-refractivity contribution in [1.82, 2.24) is 14.8 Å². The molecule has 0 radical (unpaired) electrons. The zero-order valence-electron chi connectivity index (χ0n) is 10.7. The summed E-state index contributed by atoms with van der Waals surface area (Å²) >= 11 is 0. The highest BCUT2D eigenvalue weighted by Gasteiger charge is 2.11. The van der Waals surface area contributed by atoms with Crippen molar-refractivity contribution in [3.05, 3.63) is 29.7 Å². The molecule has 7 heteroatoms. The third-order valence-electron chi connectivity index (χ3n) is 2.67. The first-order chi connectivity index (χ1) is 9.01. The Balaban J connectivity index is 2.33. The van der Waals surface area contributed by atoms with E-state index in [4.69, 9.17) is 10.8 Å². The lowest BCUT2D eigenvalue weighted by atomic mass is 10.2. The molecule has 0 saturated heterocycles. The number of anilines is 3. The molecule has 19 heavy (non-hydrogen) atoms. The summed E-state index contributed by atoms with van der Waals surface area (Å²) in [5.41, 5.74) is 7.41. The molecule has 100 valence electrons. The van der Waals surface area contributed by atoms with Gasteiger partial charge in [0.15, 0.2) is 0 Å². The number of rotatable bonds is 4. The summed E-state index contributed by atoms with van der Waals surface area (Å²) in [6.07, 6.45) is 3.91. The maximum absolute atomic E-state index is 11.0. The predicted molar refractivity (Wildman–Crippen MR) is 71.5 cm³/mol. The molecule has 0 bridgehead atoms. The van der Waals surface area contributed by atoms with Crippen LogP contribution in [0.2, 0.25) is 0 Å². The largest absolute Gasteiger partial charge is 0.478 e. The first kappa shape index (κ1) is 12.9. The van der Waals surface area contributed by atoms with Gasteiger partial charge in [0.25, 0.3) is 0 Å². The SMILES string of the molecule is CCc1nn(C)cc1Nc1cc(C(=O)O)c(N)cn1. The first-order valence-corrected chi connectivity index (χ1v) is 5.79. The molecule has 0 fully saturated rings. The van der Waals surface area contributed by atoms with Gasteiger partial charge < -0.3 is 16.2 Å². The summed E-state index contributed by atoms with van der Waals surface area (Å²) in [7, 11) is 1.82. The molecule has 0 unspecified atom stereocenters. The van der Waals surface area contributed by atoms with Crippen molar-refractivity contribution in [2.24, 2.45) is 7.05 Å². The Morgan fingerprint density at radius 3 is 2.95 bits per heavy atom. The molecule has 4 N–H and O–H groups in total. The number of nitrogens with one attached hydrogen (secondary N) is 1. The van der Waals surface area contributed by atoms with Crippen LogP contribution in [0.15, 0.2) is 18.5 Å². The molecule has 2 rings (SSSR count). The first-order valence-electron chi connectivity index (χ1n) is 5.79. The summed E-state index contributed by atoms with van der Waals surface area (Å²) in [4.78, 5) is 15.1. The van der Waals surface area contributed by atoms with E-state index in [9.17, 15) is 4.79 Å². The zero-order chi connectivity index (χ0) is 14.0. The van der Waals surface area contributed by atoms with Gasteiger partial charge in [0.2, 0.25) is 0 Å². The molecule has 0 aliphatic heterocycles. The lowest BCUT2D eigenvalue weighted by Crippen LogP contribution is -2.05. The van der Waals surface area contributed by atoms with Gasteiger partial charge in [-0.25, -0.2) is 9.78 Å². The third-order valence-corrected chi connectivity index (χ3v) is 2.67. The standard InChI is InChI=1S/C12H15N5O2/c1-3-9-10(6-17(2)16-9)15-11-4-7(12(18)19)8(13)5-14-11/h4-6H,3,13H2,1-2H3,(H,14,15)(H,18,19). The Kier molecular flexibility index (Phi) is 3.37. The van der Waals surface area contributed by atoms with Crippen LogP contribution in [-0.2, 0) is 13.5 Å². The molecule has 0 spiro atoms. The van der Waals surface area contributed by atoms with Crippen LogP contribution in [-0.4, -0.2) is 25.8 Å². The van der Waals surface area contributed by atoms with Crippen molar-refractivity contribution in [1.29, 1.82) is 0 Å². The Hall–Kier alpha value is -2.57. The monoisotopic (exact) mass is 261 g/mol. The van der Waals surface area contributed by atoms with Crippen LogP contribution < -0.4 is 11.1 Å². The Labute approximate surface area is 110 Å². The van der Waals surface area contributed by atoms with Gasteiger partial charge in [-0.05, 0) is 12.5 Å². The number of carbonyl (C=O) groups is 1. The number of nitrogens with zero attached hydrogens (tertiary/aromatic N) is 3. The number of aryl methyl sites for hydroxylation is 2. The van der Waals surface area contributed by atoms with Crippen molar-refractivity contribution in [2.75, 3.05) is 11.1 Å². The van der Waals surface area contributed by atoms with Crippen molar-refractivity contribution in [2.45, 2.75) is 13.3 Å². The molecular weight excluding hydrogens is 246 g/mol. The van der Waals surface area contributed by atoms with E-state index < -0.39 is 5.97 Å². The summed E-state index contributed by atoms with van der Waals surface area (Å²) < 4.78 is 1.69. The summed E-state index contributed by atoms with van der Waals surface area (Å²) in [5.74, 6) is -0.654. The molecule has 2 heterocycles. The number of hydrogen-bond donors (Lipinski definition) is 3. The minimum Gasteiger partial charge on any atom is -0.478 e. The average molecular weight is 261 g/mol. The smallest absolute Gasteiger partial charge is 0.337 e. The molecule has 0 atom stereocenters. The minimum atomic E-state index is -1.08. The van der Waals surface area contributed by atoms with Crippen LogP contribution in [0.5, 0.6) is 0 Å². The molecule has 7 nitrogen and oxygen atoms in total. The predicted octanol–water partition coefficient (Wildman–Crippen LogP) is 1.40. The Morgan fingerprint density at radius 1 is 1.58 bits per heavy atom. The van der Waals surface area contributed by atoms with Gasteiger partial charge in [-0.3, -0.25) is 4.68 Å². The molecule has 0 amide bonds. The maximum Gasteiger partial charge on any atom is 0.337 e. The Bertz CT molecular complexity index is 621. The second kappa shape index (κ2) is 4.97. The summed E-state index contributed by atoms with van der Waals surface area (Å²) in [6.45, 7) is 1.99. The van der Waals surface area contributed by atoms with Gasteiger partial charge in [-0.1, -0.05) is 6.92 Å². The number of hydrogen-bond acceptors (Lipinski definition) is 5. The highest BCUT2D eigenvalue weighted by molar-refractivity contribution is 5.94. The van der Waals surface area contributed by atoms with E-state index in [1.54, 1.807) is 4.68 Å². The van der Waals surface area contributed by atoms with Crippen molar-refractivity contribution in [3.8, 4) is 0 Å². The topological polar surface area (TPSA) is 106 Å². The van der Waals surface area contributed by atoms with Crippen LogP contribution >= 0.6 is 0 Å². The van der Waals surface area contributed by atoms with Gasteiger partial charge in [0, 0.05) is 13.2 Å². The number of nitrogens with two attached hydrogens (primary N) is 1. The molecular formula is C12H15N5O2. The van der Waals surface area contributed by atoms with Gasteiger partial charge in [-0.15, -0.1) is 0 Å². The Morgan fingerprint density at radius 2 is 2.32 bits per heavy atom. The lowest BCUT2D eigenvalue weighted by molar-refractivity contribution is 0.0698. The summed E-state index contributed by atoms with van der Waals surface area (Å²) in [5, 5.41) is 16.3. The second-order valence-electron chi connectivity index (χ2n) is 4.10. The normalized spacial score (nSPS) is 10.4. The van der Waals surface area contributed by atoms with E-state index in [1.807, 2.05) is 20.2 Å². The lowest BCUT2D eigenvalue weighted by Gasteiger charge is -2.07. The second-order valence-corrected chi connectivity index (χ2v) is 4.10. The van der Waals surface area contributed by atoms with E-state index in [0.717, 1.165) is 17.8 Å². The molecule has 0 aliphatic rings. The van der Waals surface area contributed by atoms with Gasteiger partial charge in [0.05, 0.1) is 28.8 Å². The maximum atomic E-state index is 11.0. The van der Waals surface area contributed by atoms with E-state index in [1.165, 1.54) is 12.3 Å². The molecule has 2 aromatic rings. The highest BCUT2D eigenvalue weighted by atomic mass is 16.4. The van der Waals surface area contributed by atoms with Gasteiger partial charge >= 0.3 is 5.97 Å². The number of pyridine rings is 1. The number of nitrogen functional groups attached to an aromatic ring is 1. The van der Waals surface area contributed by atoms with Crippen molar-refractivity contribution < 1.29 is 9.90 Å². The van der Waals surface area contributed by atoms with Crippen molar-refractivity contribution >= 4 is 23.2 Å². The highest BCUT2D eigenvalue weighted by Crippen LogP contribution is 2.21. The average Bonchev–Trinajstić information content (AvgIpc) is 2.71. The fourth-order valence-electron chi connectivity index (χ4n) is 1.76. The zero-order valence-corrected chi connectivity index (χ0v) is 10.7. The van der Waals surface area contributed by atoms with E-state index in [-0.39, 0.29) is 11.3 Å². The number of aromatic nitrogens is 3. The summed E-state index contributed by atoms with van der Waals surface area (Å²) in [6, 6.07) is 1.41.